The van der Waals surface area contributed by atoms with Crippen molar-refractivity contribution in [2.45, 2.75) is 0 Å². The summed E-state index contributed by atoms with van der Waals surface area (Å²) in [5, 5.41) is 0.623. The Bertz CT molecular complexity index is 532. The van der Waals surface area contributed by atoms with Crippen LogP contribution in [-0.2, 0) is 0 Å². The van der Waals surface area contributed by atoms with E-state index in [9.17, 15) is 0 Å². The van der Waals surface area contributed by atoms with E-state index in [1.165, 1.54) is 7.11 Å². The average molecular weight is 251 g/mol. The van der Waals surface area contributed by atoms with Gasteiger partial charge in [-0.25, -0.2) is 4.98 Å². The van der Waals surface area contributed by atoms with Crippen LogP contribution in [0.2, 0.25) is 5.02 Å². The highest BCUT2D eigenvalue weighted by Crippen LogP contribution is 2.31. The van der Waals surface area contributed by atoms with Gasteiger partial charge < -0.3 is 9.47 Å². The first-order valence-corrected chi connectivity index (χ1v) is 5.33. The Kier molecular flexibility index (Phi) is 3.44. The molecule has 0 amide bonds. The highest BCUT2D eigenvalue weighted by atomic mass is 35.5. The van der Waals surface area contributed by atoms with Crippen LogP contribution in [-0.4, -0.2) is 24.2 Å². The van der Waals surface area contributed by atoms with E-state index in [0.29, 0.717) is 22.5 Å². The molecule has 17 heavy (non-hydrogen) atoms. The summed E-state index contributed by atoms with van der Waals surface area (Å²) in [6, 6.07) is 7.44. The summed E-state index contributed by atoms with van der Waals surface area (Å²) in [5.74, 6) is 0.704. The fourth-order valence-electron chi connectivity index (χ4n) is 1.47. The maximum Gasteiger partial charge on any atom is 0.316 e. The smallest absolute Gasteiger partial charge is 0.316 e. The minimum Gasteiger partial charge on any atom is -0.496 e. The van der Waals surface area contributed by atoms with Gasteiger partial charge in [-0.05, 0) is 24.3 Å². The van der Waals surface area contributed by atoms with Gasteiger partial charge in [-0.1, -0.05) is 11.6 Å². The molecule has 1 heterocycles. The number of hydrogen-bond acceptors (Lipinski definition) is 4. The maximum absolute atomic E-state index is 5.97. The second-order valence-corrected chi connectivity index (χ2v) is 3.71. The summed E-state index contributed by atoms with van der Waals surface area (Å²) in [6.45, 7) is 0. The van der Waals surface area contributed by atoms with E-state index in [-0.39, 0.29) is 0 Å². The molecule has 0 aliphatic rings. The summed E-state index contributed by atoms with van der Waals surface area (Å²) in [6.07, 6.45) is 1.63. The Morgan fingerprint density at radius 2 is 1.94 bits per heavy atom. The minimum atomic E-state index is 0.310. The van der Waals surface area contributed by atoms with Crippen molar-refractivity contribution in [3.8, 4) is 23.0 Å². The van der Waals surface area contributed by atoms with Gasteiger partial charge in [0.2, 0.25) is 0 Å². The molecule has 5 heteroatoms. The molecule has 2 rings (SSSR count). The summed E-state index contributed by atoms with van der Waals surface area (Å²) in [5.41, 5.74) is 1.51. The summed E-state index contributed by atoms with van der Waals surface area (Å²) >= 11 is 5.97. The Morgan fingerprint density at radius 1 is 1.12 bits per heavy atom. The van der Waals surface area contributed by atoms with Crippen LogP contribution in [0.5, 0.6) is 11.8 Å². The number of benzene rings is 1. The SMILES string of the molecule is COc1nccc(-c2cc(Cl)ccc2OC)n1. The van der Waals surface area contributed by atoms with Crippen LogP contribution in [0, 0.1) is 0 Å². The number of nitrogens with zero attached hydrogens (tertiary/aromatic N) is 2. The van der Waals surface area contributed by atoms with Gasteiger partial charge in [0.15, 0.2) is 0 Å². The topological polar surface area (TPSA) is 44.2 Å². The number of hydrogen-bond donors (Lipinski definition) is 0. The van der Waals surface area contributed by atoms with Gasteiger partial charge in [0.05, 0.1) is 19.9 Å². The average Bonchev–Trinajstić information content (AvgIpc) is 2.39. The van der Waals surface area contributed by atoms with Crippen molar-refractivity contribution >= 4 is 11.6 Å². The maximum atomic E-state index is 5.97. The first kappa shape index (κ1) is 11.7. The lowest BCUT2D eigenvalue weighted by molar-refractivity contribution is 0.380. The quantitative estimate of drug-likeness (QED) is 0.840. The zero-order valence-electron chi connectivity index (χ0n) is 9.48. The van der Waals surface area contributed by atoms with E-state index in [1.54, 1.807) is 37.6 Å². The van der Waals surface area contributed by atoms with Crippen molar-refractivity contribution < 1.29 is 9.47 Å². The summed E-state index contributed by atoms with van der Waals surface area (Å²) < 4.78 is 10.3. The highest BCUT2D eigenvalue weighted by molar-refractivity contribution is 6.30. The second-order valence-electron chi connectivity index (χ2n) is 3.27. The van der Waals surface area contributed by atoms with Crippen molar-refractivity contribution in [1.82, 2.24) is 9.97 Å². The fraction of sp³-hybridized carbons (Fsp3) is 0.167. The molecule has 0 unspecified atom stereocenters. The van der Waals surface area contributed by atoms with Crippen LogP contribution in [0.3, 0.4) is 0 Å². The first-order valence-electron chi connectivity index (χ1n) is 4.95. The van der Waals surface area contributed by atoms with Crippen LogP contribution in [0.1, 0.15) is 0 Å². The third-order valence-corrected chi connectivity index (χ3v) is 2.49. The molecule has 1 aromatic heterocycles. The molecule has 0 N–H and O–H groups in total. The van der Waals surface area contributed by atoms with E-state index < -0.39 is 0 Å². The molecule has 0 radical (unpaired) electrons. The number of aromatic nitrogens is 2. The number of rotatable bonds is 3. The lowest BCUT2D eigenvalue weighted by Gasteiger charge is -2.08. The summed E-state index contributed by atoms with van der Waals surface area (Å²) in [7, 11) is 3.12. The number of methoxy groups -OCH3 is 2. The first-order chi connectivity index (χ1) is 8.24. The van der Waals surface area contributed by atoms with Gasteiger partial charge in [-0.15, -0.1) is 0 Å². The Hall–Kier alpha value is -1.81. The van der Waals surface area contributed by atoms with E-state index in [0.717, 1.165) is 5.56 Å². The third-order valence-electron chi connectivity index (χ3n) is 2.25. The highest BCUT2D eigenvalue weighted by Gasteiger charge is 2.09. The molecule has 0 fully saturated rings. The molecule has 2 aromatic rings. The Balaban J connectivity index is 2.54. The molecular weight excluding hydrogens is 240 g/mol. The molecule has 0 aliphatic carbocycles. The van der Waals surface area contributed by atoms with Crippen LogP contribution in [0.4, 0.5) is 0 Å². The van der Waals surface area contributed by atoms with Crippen LogP contribution in [0.25, 0.3) is 11.3 Å². The fourth-order valence-corrected chi connectivity index (χ4v) is 1.64. The standard InChI is InChI=1S/C12H11ClN2O2/c1-16-11-4-3-8(13)7-9(11)10-5-6-14-12(15-10)17-2/h3-7H,1-2H3. The predicted molar refractivity (Wildman–Crippen MR) is 65.6 cm³/mol. The molecule has 0 spiro atoms. The van der Waals surface area contributed by atoms with E-state index in [1.807, 2.05) is 0 Å². The van der Waals surface area contributed by atoms with Crippen molar-refractivity contribution in [2.24, 2.45) is 0 Å². The van der Waals surface area contributed by atoms with E-state index in [2.05, 4.69) is 9.97 Å². The Morgan fingerprint density at radius 3 is 2.65 bits per heavy atom. The van der Waals surface area contributed by atoms with Gasteiger partial charge >= 0.3 is 6.01 Å². The van der Waals surface area contributed by atoms with Crippen LogP contribution < -0.4 is 9.47 Å². The van der Waals surface area contributed by atoms with Crippen molar-refractivity contribution in [3.63, 3.8) is 0 Å². The van der Waals surface area contributed by atoms with Gasteiger partial charge in [0, 0.05) is 16.8 Å². The normalized spacial score (nSPS) is 10.1. The lowest BCUT2D eigenvalue weighted by atomic mass is 10.1. The zero-order valence-corrected chi connectivity index (χ0v) is 10.2. The van der Waals surface area contributed by atoms with Crippen molar-refractivity contribution in [3.05, 3.63) is 35.5 Å². The molecule has 0 aliphatic heterocycles. The van der Waals surface area contributed by atoms with Crippen LogP contribution >= 0.6 is 11.6 Å². The second kappa shape index (κ2) is 5.01. The number of halogens is 1. The van der Waals surface area contributed by atoms with Gasteiger partial charge in [-0.3, -0.25) is 0 Å². The lowest BCUT2D eigenvalue weighted by Crippen LogP contribution is -1.94. The Labute approximate surface area is 104 Å². The molecule has 88 valence electrons. The molecule has 0 atom stereocenters. The molecule has 0 saturated heterocycles. The minimum absolute atomic E-state index is 0.310. The predicted octanol–water partition coefficient (Wildman–Crippen LogP) is 2.81. The summed E-state index contributed by atoms with van der Waals surface area (Å²) in [4.78, 5) is 8.19. The zero-order chi connectivity index (χ0) is 12.3. The van der Waals surface area contributed by atoms with Gasteiger partial charge in [0.25, 0.3) is 0 Å². The molecule has 0 bridgehead atoms. The largest absolute Gasteiger partial charge is 0.496 e. The molecule has 1 aromatic carbocycles. The van der Waals surface area contributed by atoms with Crippen molar-refractivity contribution in [1.29, 1.82) is 0 Å². The van der Waals surface area contributed by atoms with Crippen molar-refractivity contribution in [2.75, 3.05) is 14.2 Å². The van der Waals surface area contributed by atoms with Gasteiger partial charge in [-0.2, -0.15) is 4.98 Å². The monoisotopic (exact) mass is 250 g/mol. The molecular formula is C12H11ClN2O2. The van der Waals surface area contributed by atoms with E-state index >= 15 is 0 Å². The third kappa shape index (κ3) is 2.47. The number of ether oxygens (including phenoxy) is 2. The molecule has 4 nitrogen and oxygen atoms in total. The van der Waals surface area contributed by atoms with Gasteiger partial charge in [0.1, 0.15) is 5.75 Å². The van der Waals surface area contributed by atoms with Crippen LogP contribution in [0.15, 0.2) is 30.5 Å². The van der Waals surface area contributed by atoms with E-state index in [4.69, 9.17) is 21.1 Å². The molecule has 0 saturated carbocycles.